The van der Waals surface area contributed by atoms with E-state index < -0.39 is 0 Å². The van der Waals surface area contributed by atoms with E-state index >= 15 is 0 Å². The van der Waals surface area contributed by atoms with Crippen molar-refractivity contribution in [1.82, 2.24) is 0 Å². The van der Waals surface area contributed by atoms with Gasteiger partial charge in [-0.25, -0.2) is 0 Å². The van der Waals surface area contributed by atoms with Crippen LogP contribution < -0.4 is 0 Å². The molecule has 62 valence electrons. The number of carbonyl (C=O) groups excluding carboxylic acids is 1. The molecule has 0 amide bonds. The molecule has 1 saturated heterocycles. The predicted octanol–water partition coefficient (Wildman–Crippen LogP) is 1.88. The van der Waals surface area contributed by atoms with Crippen LogP contribution >= 0.6 is 0 Å². The van der Waals surface area contributed by atoms with E-state index in [0.29, 0.717) is 12.3 Å². The van der Waals surface area contributed by atoms with Crippen LogP contribution in [-0.2, 0) is 9.53 Å². The summed E-state index contributed by atoms with van der Waals surface area (Å²) in [5, 5.41) is 0. The molecule has 0 N–H and O–H groups in total. The van der Waals surface area contributed by atoms with Gasteiger partial charge < -0.3 is 4.74 Å². The highest BCUT2D eigenvalue weighted by molar-refractivity contribution is 5.70. The Bertz CT molecular complexity index is 165. The average molecular weight is 154 g/mol. The van der Waals surface area contributed by atoms with Crippen LogP contribution in [0.2, 0.25) is 0 Å². The van der Waals surface area contributed by atoms with Crippen molar-refractivity contribution in [3.05, 3.63) is 0 Å². The average Bonchev–Trinajstić information content (AvgIpc) is 2.04. The largest absolute Gasteiger partial charge is 0.462 e. The lowest BCUT2D eigenvalue weighted by molar-refractivity contribution is -0.160. The number of fused-ring (bicyclic) bond motifs is 1. The van der Waals surface area contributed by atoms with Crippen molar-refractivity contribution in [2.75, 3.05) is 0 Å². The van der Waals surface area contributed by atoms with Crippen LogP contribution in [0.4, 0.5) is 0 Å². The lowest BCUT2D eigenvalue weighted by Crippen LogP contribution is -2.34. The molecule has 2 heteroatoms. The maximum absolute atomic E-state index is 10.9. The van der Waals surface area contributed by atoms with Crippen LogP contribution in [0.25, 0.3) is 0 Å². The molecule has 2 nitrogen and oxygen atoms in total. The summed E-state index contributed by atoms with van der Waals surface area (Å²) in [5.41, 5.74) is 0. The molecule has 0 radical (unpaired) electrons. The zero-order chi connectivity index (χ0) is 7.68. The second-order valence-electron chi connectivity index (χ2n) is 3.61. The van der Waals surface area contributed by atoms with E-state index in [9.17, 15) is 4.79 Å². The molecule has 1 aliphatic heterocycles. The lowest BCUT2D eigenvalue weighted by atomic mass is 9.82. The number of esters is 1. The molecule has 2 atom stereocenters. The van der Waals surface area contributed by atoms with Crippen LogP contribution in [0.5, 0.6) is 0 Å². The third-order valence-corrected chi connectivity index (χ3v) is 2.84. The SMILES string of the molecule is O=C1CCC2CCCCC2O1. The Hall–Kier alpha value is -0.530. The summed E-state index contributed by atoms with van der Waals surface area (Å²) in [6.07, 6.45) is 6.97. The van der Waals surface area contributed by atoms with Gasteiger partial charge in [0.25, 0.3) is 0 Å². The molecule has 11 heavy (non-hydrogen) atoms. The van der Waals surface area contributed by atoms with Gasteiger partial charge in [-0.2, -0.15) is 0 Å². The molecule has 2 aliphatic rings. The van der Waals surface area contributed by atoms with Gasteiger partial charge in [-0.1, -0.05) is 6.42 Å². The lowest BCUT2D eigenvalue weighted by Gasteiger charge is -2.34. The normalized spacial score (nSPS) is 37.6. The first-order chi connectivity index (χ1) is 5.36. The highest BCUT2D eigenvalue weighted by atomic mass is 16.5. The Kier molecular flexibility index (Phi) is 1.84. The van der Waals surface area contributed by atoms with Gasteiger partial charge in [0.15, 0.2) is 0 Å². The standard InChI is InChI=1S/C9H14O2/c10-9-6-5-7-3-1-2-4-8(7)11-9/h7-8H,1-6H2. The molecule has 2 fully saturated rings. The fourth-order valence-electron chi connectivity index (χ4n) is 2.19. The van der Waals surface area contributed by atoms with Gasteiger partial charge in [-0.3, -0.25) is 4.79 Å². The van der Waals surface area contributed by atoms with E-state index in [1.807, 2.05) is 0 Å². The monoisotopic (exact) mass is 154 g/mol. The second-order valence-corrected chi connectivity index (χ2v) is 3.61. The summed E-state index contributed by atoms with van der Waals surface area (Å²) >= 11 is 0. The number of hydrogen-bond acceptors (Lipinski definition) is 2. The van der Waals surface area contributed by atoms with E-state index in [4.69, 9.17) is 4.74 Å². The Labute approximate surface area is 66.9 Å². The smallest absolute Gasteiger partial charge is 0.306 e. The van der Waals surface area contributed by atoms with Crippen LogP contribution in [0.3, 0.4) is 0 Å². The van der Waals surface area contributed by atoms with E-state index in [0.717, 1.165) is 12.8 Å². The van der Waals surface area contributed by atoms with Crippen molar-refractivity contribution >= 4 is 5.97 Å². The minimum atomic E-state index is 0.0214. The van der Waals surface area contributed by atoms with E-state index in [1.165, 1.54) is 19.3 Å². The van der Waals surface area contributed by atoms with Gasteiger partial charge in [0.05, 0.1) is 0 Å². The molecule has 0 aromatic heterocycles. The minimum absolute atomic E-state index is 0.0214. The second kappa shape index (κ2) is 2.84. The molecule has 2 unspecified atom stereocenters. The van der Waals surface area contributed by atoms with E-state index in [1.54, 1.807) is 0 Å². The third-order valence-electron chi connectivity index (χ3n) is 2.84. The zero-order valence-corrected chi connectivity index (χ0v) is 6.71. The summed E-state index contributed by atoms with van der Waals surface area (Å²) < 4.78 is 5.25. The molecule has 0 aromatic carbocycles. The molecule has 0 aromatic rings. The molecule has 0 spiro atoms. The van der Waals surface area contributed by atoms with Gasteiger partial charge in [0.2, 0.25) is 0 Å². The molecule has 1 heterocycles. The summed E-state index contributed by atoms with van der Waals surface area (Å²) in [6, 6.07) is 0. The van der Waals surface area contributed by atoms with Crippen molar-refractivity contribution in [3.8, 4) is 0 Å². The Balaban J connectivity index is 1.98. The van der Waals surface area contributed by atoms with Crippen molar-refractivity contribution in [2.45, 2.75) is 44.6 Å². The first kappa shape index (κ1) is 7.14. The first-order valence-electron chi connectivity index (χ1n) is 4.56. The summed E-state index contributed by atoms with van der Waals surface area (Å²) in [6.45, 7) is 0. The number of ether oxygens (including phenoxy) is 1. The number of carbonyl (C=O) groups is 1. The Morgan fingerprint density at radius 3 is 2.91 bits per heavy atom. The van der Waals surface area contributed by atoms with E-state index in [-0.39, 0.29) is 12.1 Å². The fourth-order valence-corrected chi connectivity index (χ4v) is 2.19. The number of rotatable bonds is 0. The van der Waals surface area contributed by atoms with Crippen LogP contribution in [0.15, 0.2) is 0 Å². The van der Waals surface area contributed by atoms with Crippen molar-refractivity contribution in [1.29, 1.82) is 0 Å². The van der Waals surface area contributed by atoms with E-state index in [2.05, 4.69) is 0 Å². The highest BCUT2D eigenvalue weighted by Gasteiger charge is 2.32. The minimum Gasteiger partial charge on any atom is -0.462 e. The van der Waals surface area contributed by atoms with Gasteiger partial charge in [0, 0.05) is 6.42 Å². The van der Waals surface area contributed by atoms with Gasteiger partial charge in [-0.15, -0.1) is 0 Å². The molecular formula is C9H14O2. The van der Waals surface area contributed by atoms with Crippen molar-refractivity contribution in [3.63, 3.8) is 0 Å². The zero-order valence-electron chi connectivity index (χ0n) is 6.71. The van der Waals surface area contributed by atoms with Gasteiger partial charge >= 0.3 is 5.97 Å². The quantitative estimate of drug-likeness (QED) is 0.498. The first-order valence-corrected chi connectivity index (χ1v) is 4.56. The topological polar surface area (TPSA) is 26.3 Å². The summed E-state index contributed by atoms with van der Waals surface area (Å²) in [5.74, 6) is 0.717. The molecule has 1 aliphatic carbocycles. The summed E-state index contributed by atoms with van der Waals surface area (Å²) in [4.78, 5) is 10.9. The van der Waals surface area contributed by atoms with Crippen LogP contribution in [0.1, 0.15) is 38.5 Å². The predicted molar refractivity (Wildman–Crippen MR) is 41.1 cm³/mol. The van der Waals surface area contributed by atoms with Crippen molar-refractivity contribution < 1.29 is 9.53 Å². The van der Waals surface area contributed by atoms with Gasteiger partial charge in [0.1, 0.15) is 6.10 Å². The maximum Gasteiger partial charge on any atom is 0.306 e. The molecule has 0 bridgehead atoms. The molecule has 1 saturated carbocycles. The van der Waals surface area contributed by atoms with Crippen molar-refractivity contribution in [2.24, 2.45) is 5.92 Å². The van der Waals surface area contributed by atoms with Crippen LogP contribution in [0, 0.1) is 5.92 Å². The van der Waals surface area contributed by atoms with Gasteiger partial charge in [-0.05, 0) is 31.6 Å². The molecular weight excluding hydrogens is 140 g/mol. The highest BCUT2D eigenvalue weighted by Crippen LogP contribution is 2.33. The fraction of sp³-hybridized carbons (Fsp3) is 0.889. The maximum atomic E-state index is 10.9. The summed E-state index contributed by atoms with van der Waals surface area (Å²) in [7, 11) is 0. The number of hydrogen-bond donors (Lipinski definition) is 0. The Morgan fingerprint density at radius 2 is 2.00 bits per heavy atom. The third kappa shape index (κ3) is 1.39. The van der Waals surface area contributed by atoms with Crippen LogP contribution in [-0.4, -0.2) is 12.1 Å². The Morgan fingerprint density at radius 1 is 1.18 bits per heavy atom. The molecule has 2 rings (SSSR count).